The zero-order valence-corrected chi connectivity index (χ0v) is 16.1. The van der Waals surface area contributed by atoms with Gasteiger partial charge in [0.2, 0.25) is 5.76 Å². The van der Waals surface area contributed by atoms with Crippen molar-refractivity contribution in [2.24, 2.45) is 0 Å². The van der Waals surface area contributed by atoms with E-state index in [2.05, 4.69) is 10.6 Å². The van der Waals surface area contributed by atoms with Gasteiger partial charge in [-0.1, -0.05) is 24.3 Å². The molecule has 0 saturated carbocycles. The SMILES string of the molecule is CCOc1ccccc1NC(=O)c1oc2ccccc2c1NC(=O)[C@H]1CCCO1. The minimum absolute atomic E-state index is 0.0313. The highest BCUT2D eigenvalue weighted by Crippen LogP contribution is 2.33. The second-order valence-corrected chi connectivity index (χ2v) is 6.68. The third-order valence-corrected chi connectivity index (χ3v) is 4.71. The van der Waals surface area contributed by atoms with Crippen LogP contribution in [0.15, 0.2) is 52.9 Å². The first-order valence-electron chi connectivity index (χ1n) is 9.64. The van der Waals surface area contributed by atoms with Crippen LogP contribution in [0.4, 0.5) is 11.4 Å². The van der Waals surface area contributed by atoms with E-state index in [1.807, 2.05) is 25.1 Å². The number of carbonyl (C=O) groups excluding carboxylic acids is 2. The molecule has 0 radical (unpaired) electrons. The van der Waals surface area contributed by atoms with Crippen LogP contribution in [0.25, 0.3) is 11.0 Å². The minimum Gasteiger partial charge on any atom is -0.492 e. The first-order chi connectivity index (χ1) is 14.2. The predicted molar refractivity (Wildman–Crippen MR) is 109 cm³/mol. The number of benzene rings is 2. The summed E-state index contributed by atoms with van der Waals surface area (Å²) in [4.78, 5) is 25.6. The molecular formula is C22H22N2O5. The van der Waals surface area contributed by atoms with Crippen molar-refractivity contribution in [3.8, 4) is 5.75 Å². The van der Waals surface area contributed by atoms with E-state index < -0.39 is 12.0 Å². The summed E-state index contributed by atoms with van der Waals surface area (Å²) in [5, 5.41) is 6.30. The highest BCUT2D eigenvalue weighted by atomic mass is 16.5. The largest absolute Gasteiger partial charge is 0.492 e. The third-order valence-electron chi connectivity index (χ3n) is 4.71. The van der Waals surface area contributed by atoms with Gasteiger partial charge in [0, 0.05) is 12.0 Å². The molecule has 7 nitrogen and oxygen atoms in total. The summed E-state index contributed by atoms with van der Waals surface area (Å²) in [5.74, 6) is -0.165. The van der Waals surface area contributed by atoms with E-state index in [1.165, 1.54) is 0 Å². The van der Waals surface area contributed by atoms with Crippen molar-refractivity contribution < 1.29 is 23.5 Å². The van der Waals surface area contributed by atoms with Gasteiger partial charge in [-0.2, -0.15) is 0 Å². The molecular weight excluding hydrogens is 372 g/mol. The fourth-order valence-corrected chi connectivity index (χ4v) is 3.35. The summed E-state index contributed by atoms with van der Waals surface area (Å²) in [6.45, 7) is 2.91. The smallest absolute Gasteiger partial charge is 0.293 e. The van der Waals surface area contributed by atoms with Gasteiger partial charge in [0.05, 0.1) is 12.3 Å². The number of carbonyl (C=O) groups is 2. The van der Waals surface area contributed by atoms with E-state index in [0.29, 0.717) is 47.7 Å². The van der Waals surface area contributed by atoms with E-state index in [0.717, 1.165) is 6.42 Å². The molecule has 1 fully saturated rings. The van der Waals surface area contributed by atoms with Crippen LogP contribution in [0, 0.1) is 0 Å². The van der Waals surface area contributed by atoms with Gasteiger partial charge in [0.15, 0.2) is 0 Å². The normalized spacial score (nSPS) is 16.0. The molecule has 150 valence electrons. The van der Waals surface area contributed by atoms with Gasteiger partial charge < -0.3 is 24.5 Å². The molecule has 2 amide bonds. The number of furan rings is 1. The van der Waals surface area contributed by atoms with Gasteiger partial charge in [-0.15, -0.1) is 0 Å². The van der Waals surface area contributed by atoms with Crippen LogP contribution in [0.1, 0.15) is 30.3 Å². The number of nitrogens with one attached hydrogen (secondary N) is 2. The Morgan fingerprint density at radius 1 is 1.10 bits per heavy atom. The Morgan fingerprint density at radius 3 is 2.69 bits per heavy atom. The maximum absolute atomic E-state index is 13.0. The Bertz CT molecular complexity index is 1040. The summed E-state index contributed by atoms with van der Waals surface area (Å²) >= 11 is 0. The molecule has 1 atom stereocenters. The number of fused-ring (bicyclic) bond motifs is 1. The fourth-order valence-electron chi connectivity index (χ4n) is 3.35. The number of anilines is 2. The lowest BCUT2D eigenvalue weighted by atomic mass is 10.2. The van der Waals surface area contributed by atoms with Crippen LogP contribution in [-0.2, 0) is 9.53 Å². The van der Waals surface area contributed by atoms with E-state index in [-0.39, 0.29) is 11.7 Å². The maximum Gasteiger partial charge on any atom is 0.293 e. The fraction of sp³-hybridized carbons (Fsp3) is 0.273. The number of rotatable bonds is 6. The molecule has 1 aromatic heterocycles. The number of para-hydroxylation sites is 3. The van der Waals surface area contributed by atoms with Gasteiger partial charge in [0.25, 0.3) is 11.8 Å². The Morgan fingerprint density at radius 2 is 1.90 bits per heavy atom. The second-order valence-electron chi connectivity index (χ2n) is 6.68. The molecule has 4 rings (SSSR count). The molecule has 1 aliphatic heterocycles. The Labute approximate surface area is 168 Å². The number of hydrogen-bond donors (Lipinski definition) is 2. The highest BCUT2D eigenvalue weighted by molar-refractivity contribution is 6.15. The van der Waals surface area contributed by atoms with E-state index in [4.69, 9.17) is 13.9 Å². The molecule has 7 heteroatoms. The second kappa shape index (κ2) is 8.36. The quantitative estimate of drug-likeness (QED) is 0.654. The van der Waals surface area contributed by atoms with Gasteiger partial charge in [-0.3, -0.25) is 9.59 Å². The van der Waals surface area contributed by atoms with Crippen molar-refractivity contribution in [2.45, 2.75) is 25.9 Å². The van der Waals surface area contributed by atoms with Crippen molar-refractivity contribution in [1.82, 2.24) is 0 Å². The molecule has 1 saturated heterocycles. The van der Waals surface area contributed by atoms with Crippen LogP contribution in [0.2, 0.25) is 0 Å². The van der Waals surface area contributed by atoms with E-state index >= 15 is 0 Å². The molecule has 2 heterocycles. The summed E-state index contributed by atoms with van der Waals surface area (Å²) < 4.78 is 16.8. The van der Waals surface area contributed by atoms with Crippen molar-refractivity contribution in [3.63, 3.8) is 0 Å². The highest BCUT2D eigenvalue weighted by Gasteiger charge is 2.28. The summed E-state index contributed by atoms with van der Waals surface area (Å²) in [5.41, 5.74) is 1.38. The molecule has 0 aliphatic carbocycles. The van der Waals surface area contributed by atoms with Crippen LogP contribution in [0.5, 0.6) is 5.75 Å². The molecule has 0 spiro atoms. The third kappa shape index (κ3) is 3.95. The van der Waals surface area contributed by atoms with Crippen molar-refractivity contribution in [2.75, 3.05) is 23.8 Å². The zero-order valence-electron chi connectivity index (χ0n) is 16.1. The lowest BCUT2D eigenvalue weighted by molar-refractivity contribution is -0.124. The molecule has 3 aromatic rings. The average Bonchev–Trinajstić information content (AvgIpc) is 3.38. The standard InChI is InChI=1S/C22H22N2O5/c1-2-27-17-11-6-4-9-15(17)23-22(26)20-19(14-8-3-5-10-16(14)29-20)24-21(25)18-12-7-13-28-18/h3-6,8-11,18H,2,7,12-13H2,1H3,(H,23,26)(H,24,25)/t18-/m1/s1. The molecule has 2 aromatic carbocycles. The van der Waals surface area contributed by atoms with Crippen molar-refractivity contribution in [3.05, 3.63) is 54.3 Å². The number of hydrogen-bond acceptors (Lipinski definition) is 5. The summed E-state index contributed by atoms with van der Waals surface area (Å²) in [7, 11) is 0. The van der Waals surface area contributed by atoms with Gasteiger partial charge in [-0.05, 0) is 44.0 Å². The minimum atomic E-state index is -0.516. The molecule has 0 unspecified atom stereocenters. The van der Waals surface area contributed by atoms with Crippen molar-refractivity contribution >= 4 is 34.2 Å². The monoisotopic (exact) mass is 394 g/mol. The Kier molecular flexibility index (Phi) is 5.48. The molecule has 1 aliphatic rings. The predicted octanol–water partition coefficient (Wildman–Crippen LogP) is 4.20. The van der Waals surface area contributed by atoms with Crippen LogP contribution in [0.3, 0.4) is 0 Å². The number of amides is 2. The Balaban J connectivity index is 1.66. The molecule has 2 N–H and O–H groups in total. The lowest BCUT2D eigenvalue weighted by Crippen LogP contribution is -2.27. The van der Waals surface area contributed by atoms with Gasteiger partial charge >= 0.3 is 0 Å². The number of ether oxygens (including phenoxy) is 2. The van der Waals surface area contributed by atoms with Crippen LogP contribution >= 0.6 is 0 Å². The van der Waals surface area contributed by atoms with Gasteiger partial charge in [-0.25, -0.2) is 0 Å². The molecule has 29 heavy (non-hydrogen) atoms. The topological polar surface area (TPSA) is 89.8 Å². The van der Waals surface area contributed by atoms with E-state index in [9.17, 15) is 9.59 Å². The maximum atomic E-state index is 13.0. The summed E-state index contributed by atoms with van der Waals surface area (Å²) in [6, 6.07) is 14.3. The summed E-state index contributed by atoms with van der Waals surface area (Å²) in [6.07, 6.45) is 0.981. The lowest BCUT2D eigenvalue weighted by Gasteiger charge is -2.12. The Hall–Kier alpha value is -3.32. The van der Waals surface area contributed by atoms with Crippen molar-refractivity contribution in [1.29, 1.82) is 0 Å². The van der Waals surface area contributed by atoms with E-state index in [1.54, 1.807) is 30.3 Å². The van der Waals surface area contributed by atoms with Gasteiger partial charge in [0.1, 0.15) is 23.1 Å². The van der Waals surface area contributed by atoms with Crippen LogP contribution in [-0.4, -0.2) is 31.1 Å². The average molecular weight is 394 g/mol. The van der Waals surface area contributed by atoms with Crippen LogP contribution < -0.4 is 15.4 Å². The zero-order chi connectivity index (χ0) is 20.2. The molecule has 0 bridgehead atoms. The first-order valence-corrected chi connectivity index (χ1v) is 9.64. The first kappa shape index (κ1) is 19.0.